The van der Waals surface area contributed by atoms with E-state index in [2.05, 4.69) is 19.2 Å². The fourth-order valence-corrected chi connectivity index (χ4v) is 3.18. The highest BCUT2D eigenvalue weighted by Gasteiger charge is 2.25. The zero-order valence-corrected chi connectivity index (χ0v) is 12.5. The van der Waals surface area contributed by atoms with E-state index in [0.717, 1.165) is 18.5 Å². The molecule has 0 radical (unpaired) electrons. The summed E-state index contributed by atoms with van der Waals surface area (Å²) < 4.78 is 26.3. The minimum Gasteiger partial charge on any atom is -0.314 e. The van der Waals surface area contributed by atoms with E-state index in [1.54, 1.807) is 6.07 Å². The Bertz CT molecular complexity index is 431. The third-order valence-corrected chi connectivity index (χ3v) is 4.34. The van der Waals surface area contributed by atoms with Crippen LogP contribution in [0.3, 0.4) is 0 Å². The predicted octanol–water partition coefficient (Wildman–Crippen LogP) is 4.31. The van der Waals surface area contributed by atoms with E-state index in [4.69, 9.17) is 0 Å². The lowest BCUT2D eigenvalue weighted by atomic mass is 9.76. The number of nitrogens with one attached hydrogen (secondary N) is 1. The summed E-state index contributed by atoms with van der Waals surface area (Å²) in [5.41, 5.74) is 0.922. The van der Waals surface area contributed by atoms with Gasteiger partial charge in [0.1, 0.15) is 0 Å². The lowest BCUT2D eigenvalue weighted by Crippen LogP contribution is -2.35. The Balaban J connectivity index is 1.98. The maximum atomic E-state index is 13.3. The zero-order chi connectivity index (χ0) is 14.5. The van der Waals surface area contributed by atoms with Crippen molar-refractivity contribution in [2.75, 3.05) is 6.54 Å². The van der Waals surface area contributed by atoms with Crippen molar-refractivity contribution in [1.29, 1.82) is 0 Å². The molecule has 1 aliphatic rings. The number of hydrogen-bond donors (Lipinski definition) is 1. The Labute approximate surface area is 120 Å². The topological polar surface area (TPSA) is 12.0 Å². The van der Waals surface area contributed by atoms with E-state index < -0.39 is 11.6 Å². The second-order valence-electron chi connectivity index (χ2n) is 6.32. The van der Waals surface area contributed by atoms with Crippen LogP contribution in [0.1, 0.15) is 45.1 Å². The molecule has 0 aliphatic heterocycles. The van der Waals surface area contributed by atoms with E-state index in [1.807, 2.05) is 0 Å². The summed E-state index contributed by atoms with van der Waals surface area (Å²) in [5, 5.41) is 3.52. The third-order valence-electron chi connectivity index (χ3n) is 4.34. The Hall–Kier alpha value is -0.960. The molecule has 112 valence electrons. The fourth-order valence-electron chi connectivity index (χ4n) is 3.18. The molecule has 1 aromatic carbocycles. The molecule has 0 spiro atoms. The molecule has 1 aliphatic carbocycles. The SMILES string of the molecule is CC(C)NCC1CCCCC1Cc1ccc(F)c(F)c1. The van der Waals surface area contributed by atoms with Gasteiger partial charge in [-0.05, 0) is 55.3 Å². The summed E-state index contributed by atoms with van der Waals surface area (Å²) in [6, 6.07) is 4.83. The van der Waals surface area contributed by atoms with Gasteiger partial charge in [-0.25, -0.2) is 8.78 Å². The van der Waals surface area contributed by atoms with Crippen molar-refractivity contribution in [2.24, 2.45) is 11.8 Å². The molecule has 2 rings (SSSR count). The average molecular weight is 281 g/mol. The van der Waals surface area contributed by atoms with Gasteiger partial charge < -0.3 is 5.32 Å². The number of hydrogen-bond acceptors (Lipinski definition) is 1. The monoisotopic (exact) mass is 281 g/mol. The second kappa shape index (κ2) is 7.16. The average Bonchev–Trinajstić information content (AvgIpc) is 2.42. The lowest BCUT2D eigenvalue weighted by molar-refractivity contribution is 0.224. The van der Waals surface area contributed by atoms with E-state index in [0.29, 0.717) is 17.9 Å². The first-order valence-electron chi connectivity index (χ1n) is 7.73. The van der Waals surface area contributed by atoms with Gasteiger partial charge in [-0.2, -0.15) is 0 Å². The molecule has 1 N–H and O–H groups in total. The number of benzene rings is 1. The van der Waals surface area contributed by atoms with Crippen LogP contribution in [0.2, 0.25) is 0 Å². The van der Waals surface area contributed by atoms with Gasteiger partial charge in [0, 0.05) is 6.04 Å². The van der Waals surface area contributed by atoms with Crippen LogP contribution in [0.25, 0.3) is 0 Å². The van der Waals surface area contributed by atoms with Gasteiger partial charge in [0.15, 0.2) is 11.6 Å². The Morgan fingerprint density at radius 1 is 1.10 bits per heavy atom. The van der Waals surface area contributed by atoms with Gasteiger partial charge in [0.25, 0.3) is 0 Å². The summed E-state index contributed by atoms with van der Waals surface area (Å²) in [7, 11) is 0. The molecule has 20 heavy (non-hydrogen) atoms. The smallest absolute Gasteiger partial charge is 0.159 e. The van der Waals surface area contributed by atoms with Crippen LogP contribution >= 0.6 is 0 Å². The first-order valence-corrected chi connectivity index (χ1v) is 7.73. The van der Waals surface area contributed by atoms with Crippen LogP contribution in [0.15, 0.2) is 18.2 Å². The standard InChI is InChI=1S/C17H25F2N/c1-12(2)20-11-15-6-4-3-5-14(15)9-13-7-8-16(18)17(19)10-13/h7-8,10,12,14-15,20H,3-6,9,11H2,1-2H3. The van der Waals surface area contributed by atoms with Crippen LogP contribution in [0.4, 0.5) is 8.78 Å². The summed E-state index contributed by atoms with van der Waals surface area (Å²) in [6.45, 7) is 5.35. The van der Waals surface area contributed by atoms with E-state index in [9.17, 15) is 8.78 Å². The summed E-state index contributed by atoms with van der Waals surface area (Å²) in [5.74, 6) is -0.246. The maximum Gasteiger partial charge on any atom is 0.159 e. The minimum absolute atomic E-state index is 0.501. The van der Waals surface area contributed by atoms with Crippen molar-refractivity contribution in [2.45, 2.75) is 52.0 Å². The highest BCUT2D eigenvalue weighted by atomic mass is 19.2. The fraction of sp³-hybridized carbons (Fsp3) is 0.647. The van der Waals surface area contributed by atoms with E-state index >= 15 is 0 Å². The molecule has 3 heteroatoms. The highest BCUT2D eigenvalue weighted by molar-refractivity contribution is 5.18. The summed E-state index contributed by atoms with van der Waals surface area (Å²) in [4.78, 5) is 0. The second-order valence-corrected chi connectivity index (χ2v) is 6.32. The van der Waals surface area contributed by atoms with Gasteiger partial charge in [0.05, 0.1) is 0 Å². The van der Waals surface area contributed by atoms with Gasteiger partial charge in [0.2, 0.25) is 0 Å². The van der Waals surface area contributed by atoms with Crippen LogP contribution in [0.5, 0.6) is 0 Å². The van der Waals surface area contributed by atoms with Crippen LogP contribution < -0.4 is 5.32 Å². The molecule has 1 saturated carbocycles. The van der Waals surface area contributed by atoms with Crippen molar-refractivity contribution < 1.29 is 8.78 Å². The minimum atomic E-state index is -0.754. The molecule has 2 atom stereocenters. The molecular weight excluding hydrogens is 256 g/mol. The molecule has 1 fully saturated rings. The van der Waals surface area contributed by atoms with Gasteiger partial charge in [-0.3, -0.25) is 0 Å². The van der Waals surface area contributed by atoms with Gasteiger partial charge in [-0.15, -0.1) is 0 Å². The van der Waals surface area contributed by atoms with E-state index in [1.165, 1.54) is 37.8 Å². The van der Waals surface area contributed by atoms with Crippen molar-refractivity contribution >= 4 is 0 Å². The van der Waals surface area contributed by atoms with Crippen molar-refractivity contribution in [1.82, 2.24) is 5.32 Å². The van der Waals surface area contributed by atoms with E-state index in [-0.39, 0.29) is 0 Å². The molecule has 0 aromatic heterocycles. The normalized spacial score (nSPS) is 23.2. The molecule has 0 saturated heterocycles. The third kappa shape index (κ3) is 4.27. The van der Waals surface area contributed by atoms with Crippen molar-refractivity contribution in [3.05, 3.63) is 35.4 Å². The molecule has 2 unspecified atom stereocenters. The molecular formula is C17H25F2N. The molecule has 1 nitrogen and oxygen atoms in total. The Kier molecular flexibility index (Phi) is 5.53. The van der Waals surface area contributed by atoms with Crippen molar-refractivity contribution in [3.8, 4) is 0 Å². The molecule has 0 bridgehead atoms. The summed E-state index contributed by atoms with van der Waals surface area (Å²) in [6.07, 6.45) is 5.85. The van der Waals surface area contributed by atoms with Crippen LogP contribution in [-0.4, -0.2) is 12.6 Å². The van der Waals surface area contributed by atoms with Gasteiger partial charge >= 0.3 is 0 Å². The first-order chi connectivity index (χ1) is 9.56. The number of rotatable bonds is 5. The molecule has 1 aromatic rings. The lowest BCUT2D eigenvalue weighted by Gasteiger charge is -2.32. The summed E-state index contributed by atoms with van der Waals surface area (Å²) >= 11 is 0. The molecule has 0 amide bonds. The Morgan fingerprint density at radius 2 is 1.80 bits per heavy atom. The first kappa shape index (κ1) is 15.4. The quantitative estimate of drug-likeness (QED) is 0.848. The van der Waals surface area contributed by atoms with Gasteiger partial charge in [-0.1, -0.05) is 32.8 Å². The zero-order valence-electron chi connectivity index (χ0n) is 12.5. The maximum absolute atomic E-state index is 13.3. The predicted molar refractivity (Wildman–Crippen MR) is 78.6 cm³/mol. The van der Waals surface area contributed by atoms with Crippen LogP contribution in [0, 0.1) is 23.5 Å². The number of halogens is 2. The van der Waals surface area contributed by atoms with Crippen LogP contribution in [-0.2, 0) is 6.42 Å². The Morgan fingerprint density at radius 3 is 2.45 bits per heavy atom. The molecule has 0 heterocycles. The highest BCUT2D eigenvalue weighted by Crippen LogP contribution is 2.32. The van der Waals surface area contributed by atoms with Crippen molar-refractivity contribution in [3.63, 3.8) is 0 Å². The largest absolute Gasteiger partial charge is 0.314 e.